The van der Waals surface area contributed by atoms with Gasteiger partial charge in [-0.3, -0.25) is 4.79 Å². The maximum absolute atomic E-state index is 13.0. The molecular weight excluding hydrogens is 371 g/mol. The van der Waals surface area contributed by atoms with E-state index in [1.54, 1.807) is 12.1 Å². The SMILES string of the molecule is C=CC1(C(=O)OC(Oc2ccccc2)c2ccccc2)C(C)(C)C1(Cl)Cl. The Hall–Kier alpha value is -1.97. The molecule has 0 N–H and O–H groups in total. The molecule has 5 heteroatoms. The van der Waals surface area contributed by atoms with Crippen LogP contribution < -0.4 is 4.74 Å². The van der Waals surface area contributed by atoms with Crippen LogP contribution in [0.2, 0.25) is 0 Å². The Balaban J connectivity index is 1.89. The van der Waals surface area contributed by atoms with Crippen LogP contribution in [-0.2, 0) is 9.53 Å². The largest absolute Gasteiger partial charge is 0.450 e. The Morgan fingerprint density at radius 2 is 1.54 bits per heavy atom. The molecular formula is C21H20Cl2O3. The van der Waals surface area contributed by atoms with Crippen LogP contribution in [-0.4, -0.2) is 10.3 Å². The third kappa shape index (κ3) is 2.70. The van der Waals surface area contributed by atoms with E-state index in [-0.39, 0.29) is 0 Å². The number of esters is 1. The normalized spacial score (nSPS) is 23.5. The number of alkyl halides is 2. The van der Waals surface area contributed by atoms with Gasteiger partial charge in [-0.25, -0.2) is 0 Å². The molecule has 2 aromatic carbocycles. The van der Waals surface area contributed by atoms with Crippen LogP contribution in [0.5, 0.6) is 5.75 Å². The van der Waals surface area contributed by atoms with Crippen molar-refractivity contribution < 1.29 is 14.3 Å². The van der Waals surface area contributed by atoms with Crippen molar-refractivity contribution in [1.82, 2.24) is 0 Å². The minimum absolute atomic E-state index is 0.563. The standard InChI is InChI=1S/C21H20Cl2O3/c1-4-20(19(2,3)21(20,22)23)18(24)26-17(15-11-7-5-8-12-15)25-16-13-9-6-10-14-16/h4-14,17H,1H2,2-3H3. The van der Waals surface area contributed by atoms with E-state index in [0.717, 1.165) is 0 Å². The van der Waals surface area contributed by atoms with Crippen LogP contribution >= 0.6 is 23.2 Å². The lowest BCUT2D eigenvalue weighted by molar-refractivity contribution is -0.171. The van der Waals surface area contributed by atoms with Gasteiger partial charge in [0.1, 0.15) is 15.5 Å². The van der Waals surface area contributed by atoms with Crippen molar-refractivity contribution in [2.75, 3.05) is 0 Å². The number of rotatable bonds is 6. The molecule has 0 spiro atoms. The average Bonchev–Trinajstić information content (AvgIpc) is 3.00. The highest BCUT2D eigenvalue weighted by atomic mass is 35.5. The number of para-hydroxylation sites is 1. The van der Waals surface area contributed by atoms with Crippen LogP contribution in [0.3, 0.4) is 0 Å². The van der Waals surface area contributed by atoms with Gasteiger partial charge in [-0.1, -0.05) is 91.7 Å². The average molecular weight is 391 g/mol. The molecule has 136 valence electrons. The summed E-state index contributed by atoms with van der Waals surface area (Å²) < 4.78 is 10.4. The first-order valence-electron chi connectivity index (χ1n) is 8.27. The van der Waals surface area contributed by atoms with Crippen molar-refractivity contribution in [2.45, 2.75) is 24.5 Å². The molecule has 3 rings (SSSR count). The van der Waals surface area contributed by atoms with Crippen molar-refractivity contribution in [2.24, 2.45) is 10.8 Å². The van der Waals surface area contributed by atoms with Crippen LogP contribution in [0.4, 0.5) is 0 Å². The zero-order valence-corrected chi connectivity index (χ0v) is 16.1. The summed E-state index contributed by atoms with van der Waals surface area (Å²) in [5.41, 5.74) is -1.19. The molecule has 0 radical (unpaired) electrons. The lowest BCUT2D eigenvalue weighted by atomic mass is 9.96. The molecule has 2 aromatic rings. The number of hydrogen-bond acceptors (Lipinski definition) is 3. The molecule has 1 fully saturated rings. The van der Waals surface area contributed by atoms with Gasteiger partial charge in [0.15, 0.2) is 0 Å². The van der Waals surface area contributed by atoms with Gasteiger partial charge in [-0.05, 0) is 12.1 Å². The van der Waals surface area contributed by atoms with Crippen molar-refractivity contribution in [3.63, 3.8) is 0 Å². The number of benzene rings is 2. The summed E-state index contributed by atoms with van der Waals surface area (Å²) in [5.74, 6) is 0.0205. The van der Waals surface area contributed by atoms with E-state index in [4.69, 9.17) is 32.7 Å². The highest BCUT2D eigenvalue weighted by Gasteiger charge is 2.85. The second-order valence-electron chi connectivity index (χ2n) is 6.79. The molecule has 0 heterocycles. The first kappa shape index (κ1) is 18.8. The van der Waals surface area contributed by atoms with Gasteiger partial charge >= 0.3 is 5.97 Å². The Morgan fingerprint density at radius 1 is 1.04 bits per heavy atom. The topological polar surface area (TPSA) is 35.5 Å². The highest BCUT2D eigenvalue weighted by molar-refractivity contribution is 6.54. The zero-order chi connectivity index (χ0) is 19.0. The quantitative estimate of drug-likeness (QED) is 0.275. The maximum Gasteiger partial charge on any atom is 0.323 e. The predicted octanol–water partition coefficient (Wildman–Crippen LogP) is 5.69. The molecule has 2 unspecified atom stereocenters. The van der Waals surface area contributed by atoms with Crippen molar-refractivity contribution in [3.8, 4) is 5.75 Å². The number of carbonyl (C=O) groups excluding carboxylic acids is 1. The number of carbonyl (C=O) groups is 1. The van der Waals surface area contributed by atoms with Crippen molar-refractivity contribution >= 4 is 29.2 Å². The van der Waals surface area contributed by atoms with Gasteiger partial charge in [0.05, 0.1) is 0 Å². The number of ether oxygens (including phenoxy) is 2. The first-order valence-corrected chi connectivity index (χ1v) is 9.02. The molecule has 26 heavy (non-hydrogen) atoms. The van der Waals surface area contributed by atoms with E-state index in [1.807, 2.05) is 62.4 Å². The number of hydrogen-bond donors (Lipinski definition) is 0. The van der Waals surface area contributed by atoms with E-state index in [9.17, 15) is 4.79 Å². The predicted molar refractivity (Wildman–Crippen MR) is 103 cm³/mol. The molecule has 3 nitrogen and oxygen atoms in total. The van der Waals surface area contributed by atoms with Gasteiger partial charge in [0, 0.05) is 11.0 Å². The first-order chi connectivity index (χ1) is 12.3. The van der Waals surface area contributed by atoms with Gasteiger partial charge in [0.25, 0.3) is 6.29 Å². The minimum atomic E-state index is -1.28. The Bertz CT molecular complexity index is 787. The molecule has 0 bridgehead atoms. The minimum Gasteiger partial charge on any atom is -0.450 e. The van der Waals surface area contributed by atoms with Crippen LogP contribution in [0.25, 0.3) is 0 Å². The van der Waals surface area contributed by atoms with Crippen molar-refractivity contribution in [1.29, 1.82) is 0 Å². The molecule has 0 aromatic heterocycles. The van der Waals surface area contributed by atoms with Crippen molar-refractivity contribution in [3.05, 3.63) is 78.9 Å². The zero-order valence-electron chi connectivity index (χ0n) is 14.6. The van der Waals surface area contributed by atoms with Gasteiger partial charge in [0.2, 0.25) is 0 Å². The van der Waals surface area contributed by atoms with Crippen LogP contribution in [0.1, 0.15) is 25.7 Å². The fraction of sp³-hybridized carbons (Fsp3) is 0.286. The van der Waals surface area contributed by atoms with Crippen LogP contribution in [0.15, 0.2) is 73.3 Å². The third-order valence-corrected chi connectivity index (χ3v) is 6.64. The van der Waals surface area contributed by atoms with E-state index >= 15 is 0 Å². The third-order valence-electron chi connectivity index (χ3n) is 5.10. The van der Waals surface area contributed by atoms with E-state index in [1.165, 1.54) is 6.08 Å². The smallest absolute Gasteiger partial charge is 0.323 e. The van der Waals surface area contributed by atoms with E-state index < -0.39 is 27.4 Å². The number of halogens is 2. The molecule has 0 aliphatic heterocycles. The molecule has 1 aliphatic rings. The second kappa shape index (κ2) is 6.64. The summed E-state index contributed by atoms with van der Waals surface area (Å²) in [6, 6.07) is 18.4. The molecule has 1 saturated carbocycles. The lowest BCUT2D eigenvalue weighted by Gasteiger charge is -2.23. The molecule has 0 amide bonds. The van der Waals surface area contributed by atoms with Gasteiger partial charge in [-0.15, -0.1) is 6.58 Å². The maximum atomic E-state index is 13.0. The Labute approximate surface area is 163 Å². The Kier molecular flexibility index (Phi) is 4.80. The summed E-state index contributed by atoms with van der Waals surface area (Å²) in [7, 11) is 0. The fourth-order valence-electron chi connectivity index (χ4n) is 3.23. The van der Waals surface area contributed by atoms with Gasteiger partial charge < -0.3 is 9.47 Å². The molecule has 1 aliphatic carbocycles. The van der Waals surface area contributed by atoms with Gasteiger partial charge in [-0.2, -0.15) is 0 Å². The van der Waals surface area contributed by atoms with E-state index in [2.05, 4.69) is 6.58 Å². The molecule has 2 atom stereocenters. The summed E-state index contributed by atoms with van der Waals surface area (Å²) in [6.45, 7) is 7.38. The second-order valence-corrected chi connectivity index (χ2v) is 8.12. The Morgan fingerprint density at radius 3 is 2.00 bits per heavy atom. The summed E-state index contributed by atoms with van der Waals surface area (Å²) in [4.78, 5) is 13.0. The van der Waals surface area contributed by atoms with Crippen LogP contribution in [0, 0.1) is 10.8 Å². The molecule has 0 saturated heterocycles. The lowest BCUT2D eigenvalue weighted by Crippen LogP contribution is -2.27. The summed E-state index contributed by atoms with van der Waals surface area (Å²) in [6.07, 6.45) is 0.545. The summed E-state index contributed by atoms with van der Waals surface area (Å²) in [5, 5.41) is 0. The monoisotopic (exact) mass is 390 g/mol. The summed E-state index contributed by atoms with van der Waals surface area (Å²) >= 11 is 12.8. The fourth-order valence-corrected chi connectivity index (χ4v) is 4.22. The highest BCUT2D eigenvalue weighted by Crippen LogP contribution is 2.78. The van der Waals surface area contributed by atoms with E-state index in [0.29, 0.717) is 11.3 Å².